The number of nitriles is 1. The first-order valence-corrected chi connectivity index (χ1v) is 9.06. The van der Waals surface area contributed by atoms with Crippen LogP contribution in [0.1, 0.15) is 33.4 Å². The number of aromatic nitrogens is 1. The lowest BCUT2D eigenvalue weighted by atomic mass is 9.99. The van der Waals surface area contributed by atoms with Crippen LogP contribution in [0, 0.1) is 11.3 Å². The van der Waals surface area contributed by atoms with Gasteiger partial charge in [-0.3, -0.25) is 4.98 Å². The molecule has 4 rings (SSSR count). The number of allylic oxidation sites excluding steroid dienone is 1. The van der Waals surface area contributed by atoms with Crippen molar-refractivity contribution < 1.29 is 4.74 Å². The molecule has 3 nitrogen and oxygen atoms in total. The Balaban J connectivity index is 1.51. The monoisotopic (exact) mass is 352 g/mol. The van der Waals surface area contributed by atoms with E-state index in [1.165, 1.54) is 27.8 Å². The highest BCUT2D eigenvalue weighted by atomic mass is 16.5. The third kappa shape index (κ3) is 3.61. The van der Waals surface area contributed by atoms with Gasteiger partial charge in [0.1, 0.15) is 11.8 Å². The number of aryl methyl sites for hydroxylation is 2. The topological polar surface area (TPSA) is 45.9 Å². The first-order chi connectivity index (χ1) is 13.3. The SMILES string of the molecule is COc1ccc(CCc2ccc3c(c2)C=C(c2ccncc2C#N)C3)cc1. The lowest BCUT2D eigenvalue weighted by molar-refractivity contribution is 0.414. The van der Waals surface area contributed by atoms with Crippen LogP contribution in [0.3, 0.4) is 0 Å². The summed E-state index contributed by atoms with van der Waals surface area (Å²) in [5.74, 6) is 0.891. The summed E-state index contributed by atoms with van der Waals surface area (Å²) in [7, 11) is 1.69. The highest BCUT2D eigenvalue weighted by molar-refractivity contribution is 5.90. The number of fused-ring (bicyclic) bond motifs is 1. The van der Waals surface area contributed by atoms with Crippen LogP contribution in [0.15, 0.2) is 60.9 Å². The van der Waals surface area contributed by atoms with Gasteiger partial charge in [-0.05, 0) is 70.9 Å². The van der Waals surface area contributed by atoms with Crippen molar-refractivity contribution in [3.63, 3.8) is 0 Å². The van der Waals surface area contributed by atoms with Gasteiger partial charge in [0, 0.05) is 12.4 Å². The van der Waals surface area contributed by atoms with Gasteiger partial charge in [-0.15, -0.1) is 0 Å². The molecule has 1 aromatic heterocycles. The summed E-state index contributed by atoms with van der Waals surface area (Å²) in [6, 6.07) is 19.2. The Kier molecular flexibility index (Phi) is 4.72. The molecular weight excluding hydrogens is 332 g/mol. The van der Waals surface area contributed by atoms with Crippen LogP contribution in [-0.2, 0) is 19.3 Å². The quantitative estimate of drug-likeness (QED) is 0.660. The molecule has 0 saturated heterocycles. The second-order valence-electron chi connectivity index (χ2n) is 6.76. The van der Waals surface area contributed by atoms with Gasteiger partial charge in [0.15, 0.2) is 0 Å². The van der Waals surface area contributed by atoms with Gasteiger partial charge in [0.05, 0.1) is 12.7 Å². The van der Waals surface area contributed by atoms with Crippen molar-refractivity contribution in [1.82, 2.24) is 4.98 Å². The Labute approximate surface area is 159 Å². The Morgan fingerprint density at radius 1 is 1.04 bits per heavy atom. The van der Waals surface area contributed by atoms with E-state index in [0.717, 1.165) is 30.6 Å². The van der Waals surface area contributed by atoms with Crippen LogP contribution in [0.4, 0.5) is 0 Å². The molecule has 0 N–H and O–H groups in total. The number of hydrogen-bond donors (Lipinski definition) is 0. The van der Waals surface area contributed by atoms with E-state index in [1.54, 1.807) is 19.5 Å². The molecule has 0 unspecified atom stereocenters. The minimum atomic E-state index is 0.635. The Hall–Kier alpha value is -3.38. The summed E-state index contributed by atoms with van der Waals surface area (Å²) in [5, 5.41) is 9.33. The summed E-state index contributed by atoms with van der Waals surface area (Å²) in [6.07, 6.45) is 8.47. The fourth-order valence-corrected chi connectivity index (χ4v) is 3.56. The molecule has 132 valence electrons. The third-order valence-corrected chi connectivity index (χ3v) is 5.07. The Morgan fingerprint density at radius 3 is 2.59 bits per heavy atom. The average Bonchev–Trinajstić information content (AvgIpc) is 3.15. The van der Waals surface area contributed by atoms with Crippen LogP contribution in [0.5, 0.6) is 5.75 Å². The standard InChI is InChI=1S/C24H20N2O/c1-27-23-8-5-17(6-9-23)2-3-18-4-7-19-13-21(14-20(19)12-18)24-10-11-26-16-22(24)15-25/h4-12,14,16H,2-3,13H2,1H3. The van der Waals surface area contributed by atoms with Gasteiger partial charge in [-0.1, -0.05) is 36.4 Å². The molecule has 0 amide bonds. The molecule has 1 aliphatic carbocycles. The predicted octanol–water partition coefficient (Wildman–Crippen LogP) is 4.84. The molecule has 0 atom stereocenters. The molecule has 3 aromatic rings. The van der Waals surface area contributed by atoms with E-state index >= 15 is 0 Å². The van der Waals surface area contributed by atoms with Crippen molar-refractivity contribution in [2.45, 2.75) is 19.3 Å². The second kappa shape index (κ2) is 7.47. The molecular formula is C24H20N2O. The minimum Gasteiger partial charge on any atom is -0.497 e. The van der Waals surface area contributed by atoms with E-state index in [2.05, 4.69) is 47.5 Å². The zero-order chi connectivity index (χ0) is 18.6. The van der Waals surface area contributed by atoms with Crippen LogP contribution in [0.25, 0.3) is 11.6 Å². The van der Waals surface area contributed by atoms with Gasteiger partial charge in [0.2, 0.25) is 0 Å². The zero-order valence-corrected chi connectivity index (χ0v) is 15.3. The maximum absolute atomic E-state index is 9.33. The van der Waals surface area contributed by atoms with Crippen LogP contribution >= 0.6 is 0 Å². The van der Waals surface area contributed by atoms with E-state index in [-0.39, 0.29) is 0 Å². The fourth-order valence-electron chi connectivity index (χ4n) is 3.56. The maximum Gasteiger partial charge on any atom is 0.118 e. The molecule has 0 radical (unpaired) electrons. The summed E-state index contributed by atoms with van der Waals surface area (Å²) < 4.78 is 5.21. The number of hydrogen-bond acceptors (Lipinski definition) is 3. The number of nitrogens with zero attached hydrogens (tertiary/aromatic N) is 2. The minimum absolute atomic E-state index is 0.635. The van der Waals surface area contributed by atoms with Crippen LogP contribution in [0.2, 0.25) is 0 Å². The van der Waals surface area contributed by atoms with Crippen molar-refractivity contribution >= 4 is 11.6 Å². The number of methoxy groups -OCH3 is 1. The molecule has 0 bridgehead atoms. The van der Waals surface area contributed by atoms with Crippen LogP contribution in [-0.4, -0.2) is 12.1 Å². The summed E-state index contributed by atoms with van der Waals surface area (Å²) in [6.45, 7) is 0. The number of ether oxygens (including phenoxy) is 1. The number of benzene rings is 2. The normalized spacial score (nSPS) is 12.2. The molecule has 1 heterocycles. The summed E-state index contributed by atoms with van der Waals surface area (Å²) in [4.78, 5) is 4.06. The van der Waals surface area contributed by atoms with E-state index in [1.807, 2.05) is 18.2 Å². The molecule has 0 aliphatic heterocycles. The lowest BCUT2D eigenvalue weighted by Gasteiger charge is -2.06. The number of rotatable bonds is 5. The van der Waals surface area contributed by atoms with Crippen LogP contribution < -0.4 is 4.74 Å². The molecule has 27 heavy (non-hydrogen) atoms. The van der Waals surface area contributed by atoms with E-state index in [9.17, 15) is 5.26 Å². The summed E-state index contributed by atoms with van der Waals surface area (Å²) in [5.41, 5.74) is 8.04. The maximum atomic E-state index is 9.33. The highest BCUT2D eigenvalue weighted by Gasteiger charge is 2.17. The molecule has 0 spiro atoms. The van der Waals surface area contributed by atoms with Crippen molar-refractivity contribution in [1.29, 1.82) is 5.26 Å². The Bertz CT molecular complexity index is 1040. The van der Waals surface area contributed by atoms with E-state index < -0.39 is 0 Å². The van der Waals surface area contributed by atoms with Gasteiger partial charge < -0.3 is 4.74 Å². The summed E-state index contributed by atoms with van der Waals surface area (Å²) >= 11 is 0. The second-order valence-corrected chi connectivity index (χ2v) is 6.76. The average molecular weight is 352 g/mol. The first-order valence-electron chi connectivity index (χ1n) is 9.06. The molecule has 3 heteroatoms. The van der Waals surface area contributed by atoms with Gasteiger partial charge in [-0.25, -0.2) is 0 Å². The first kappa shape index (κ1) is 17.1. The molecule has 0 saturated carbocycles. The number of pyridine rings is 1. The highest BCUT2D eigenvalue weighted by Crippen LogP contribution is 2.33. The predicted molar refractivity (Wildman–Crippen MR) is 107 cm³/mol. The van der Waals surface area contributed by atoms with Gasteiger partial charge in [-0.2, -0.15) is 5.26 Å². The Morgan fingerprint density at radius 2 is 1.81 bits per heavy atom. The van der Waals surface area contributed by atoms with Gasteiger partial charge in [0.25, 0.3) is 0 Å². The van der Waals surface area contributed by atoms with Crippen molar-refractivity contribution in [3.05, 3.63) is 94.3 Å². The molecule has 2 aromatic carbocycles. The third-order valence-electron chi connectivity index (χ3n) is 5.07. The molecule has 0 fully saturated rings. The smallest absolute Gasteiger partial charge is 0.118 e. The van der Waals surface area contributed by atoms with E-state index in [4.69, 9.17) is 4.74 Å². The van der Waals surface area contributed by atoms with Crippen molar-refractivity contribution in [3.8, 4) is 11.8 Å². The fraction of sp³-hybridized carbons (Fsp3) is 0.167. The van der Waals surface area contributed by atoms with Crippen molar-refractivity contribution in [2.24, 2.45) is 0 Å². The zero-order valence-electron chi connectivity index (χ0n) is 15.3. The lowest BCUT2D eigenvalue weighted by Crippen LogP contribution is -1.94. The largest absolute Gasteiger partial charge is 0.497 e. The van der Waals surface area contributed by atoms with E-state index in [0.29, 0.717) is 5.56 Å². The molecule has 1 aliphatic rings. The van der Waals surface area contributed by atoms with Gasteiger partial charge >= 0.3 is 0 Å². The van der Waals surface area contributed by atoms with Crippen molar-refractivity contribution in [2.75, 3.05) is 7.11 Å².